The molecule has 1 rings (SSSR count). The Balaban J connectivity index is 2.35. The lowest BCUT2D eigenvalue weighted by atomic mass is 10.1. The predicted octanol–water partition coefficient (Wildman–Crippen LogP) is 1.29. The van der Waals surface area contributed by atoms with Gasteiger partial charge in [-0.2, -0.15) is 0 Å². The molecule has 1 saturated heterocycles. The van der Waals surface area contributed by atoms with Gasteiger partial charge in [0, 0.05) is 13.7 Å². The van der Waals surface area contributed by atoms with Crippen molar-refractivity contribution in [1.82, 2.24) is 0 Å². The van der Waals surface area contributed by atoms with Crippen LogP contribution in [0.25, 0.3) is 0 Å². The fourth-order valence-corrected chi connectivity index (χ4v) is 1.25. The molecule has 0 N–H and O–H groups in total. The summed E-state index contributed by atoms with van der Waals surface area (Å²) in [7, 11) is 1.48. The summed E-state index contributed by atoms with van der Waals surface area (Å²) < 4.78 is 10.1. The lowest BCUT2D eigenvalue weighted by Gasteiger charge is -2.24. The van der Waals surface area contributed by atoms with Gasteiger partial charge in [0.1, 0.15) is 6.10 Å². The summed E-state index contributed by atoms with van der Waals surface area (Å²) in [6.07, 6.45) is 2.32. The third-order valence-corrected chi connectivity index (χ3v) is 1.88. The Hall–Kier alpha value is -0.480. The Bertz CT molecular complexity index is 123. The molecule has 0 spiro atoms. The third kappa shape index (κ3) is 2.24. The second-order valence-corrected chi connectivity index (χ2v) is 2.64. The van der Waals surface area contributed by atoms with Crippen LogP contribution < -0.4 is 0 Å². The molecule has 2 atom stereocenters. The molecule has 4 heteroatoms. The van der Waals surface area contributed by atoms with Crippen LogP contribution in [0.4, 0.5) is 0 Å². The van der Waals surface area contributed by atoms with Crippen molar-refractivity contribution >= 4 is 0 Å². The van der Waals surface area contributed by atoms with Crippen molar-refractivity contribution < 1.29 is 9.47 Å². The first-order chi connectivity index (χ1) is 5.38. The monoisotopic (exact) mass is 159 g/mol. The van der Waals surface area contributed by atoms with E-state index in [-0.39, 0.29) is 6.10 Å². The summed E-state index contributed by atoms with van der Waals surface area (Å²) in [5.74, 6) is 0. The molecular weight excluding hydrogens is 146 g/mol. The lowest BCUT2D eigenvalue weighted by molar-refractivity contribution is -0.0743. The van der Waals surface area contributed by atoms with Crippen LogP contribution in [0.2, 0.25) is 0 Å². The van der Waals surface area contributed by atoms with Crippen LogP contribution in [0.3, 0.4) is 0 Å². The van der Waals surface area contributed by atoms with Crippen molar-refractivity contribution in [1.29, 1.82) is 0 Å². The quantitative estimate of drug-likeness (QED) is 0.583. The first kappa shape index (κ1) is 8.62. The van der Waals surface area contributed by atoms with E-state index < -0.39 is 6.23 Å². The highest BCUT2D eigenvalue weighted by Crippen LogP contribution is 2.17. The Labute approximate surface area is 65.8 Å². The normalized spacial score (nSPS) is 27.9. The van der Waals surface area contributed by atoms with E-state index in [1.807, 2.05) is 0 Å². The van der Waals surface area contributed by atoms with Gasteiger partial charge in [0.2, 0.25) is 6.23 Å². The number of ether oxygens (including phenoxy) is 2. The van der Waals surface area contributed by atoms with Crippen molar-refractivity contribution in [2.75, 3.05) is 13.7 Å². The first-order valence-electron chi connectivity index (χ1n) is 3.85. The van der Waals surface area contributed by atoms with Gasteiger partial charge in [-0.15, -0.1) is 4.91 Å². The minimum absolute atomic E-state index is 0.119. The largest absolute Gasteiger partial charge is 0.373 e. The van der Waals surface area contributed by atoms with Crippen molar-refractivity contribution in [2.45, 2.75) is 31.6 Å². The molecule has 1 heterocycles. The Kier molecular flexibility index (Phi) is 3.45. The Morgan fingerprint density at radius 3 is 2.91 bits per heavy atom. The Morgan fingerprint density at radius 2 is 2.45 bits per heavy atom. The first-order valence-corrected chi connectivity index (χ1v) is 3.85. The summed E-state index contributed by atoms with van der Waals surface area (Å²) in [5, 5.41) is 2.83. The van der Waals surface area contributed by atoms with Crippen molar-refractivity contribution in [3.63, 3.8) is 0 Å². The maximum Gasteiger partial charge on any atom is 0.215 e. The number of methoxy groups -OCH3 is 1. The van der Waals surface area contributed by atoms with Crippen LogP contribution in [0.1, 0.15) is 19.3 Å². The van der Waals surface area contributed by atoms with E-state index >= 15 is 0 Å². The fourth-order valence-electron chi connectivity index (χ4n) is 1.25. The molecule has 0 aliphatic carbocycles. The minimum Gasteiger partial charge on any atom is -0.373 e. The molecule has 11 heavy (non-hydrogen) atoms. The van der Waals surface area contributed by atoms with Gasteiger partial charge in [-0.3, -0.25) is 0 Å². The van der Waals surface area contributed by atoms with Crippen LogP contribution in [-0.2, 0) is 9.47 Å². The average Bonchev–Trinajstić information content (AvgIpc) is 2.09. The second kappa shape index (κ2) is 4.41. The molecule has 0 amide bonds. The van der Waals surface area contributed by atoms with Crippen LogP contribution in [-0.4, -0.2) is 26.0 Å². The van der Waals surface area contributed by atoms with E-state index in [1.54, 1.807) is 0 Å². The fraction of sp³-hybridized carbons (Fsp3) is 1.00. The summed E-state index contributed by atoms with van der Waals surface area (Å²) in [6.45, 7) is 0.722. The molecule has 0 saturated carbocycles. The average molecular weight is 159 g/mol. The molecule has 4 nitrogen and oxygen atoms in total. The van der Waals surface area contributed by atoms with Crippen LogP contribution in [0, 0.1) is 4.91 Å². The van der Waals surface area contributed by atoms with E-state index in [0.29, 0.717) is 0 Å². The van der Waals surface area contributed by atoms with Gasteiger partial charge >= 0.3 is 0 Å². The molecule has 0 aromatic carbocycles. The molecule has 0 aromatic heterocycles. The van der Waals surface area contributed by atoms with Gasteiger partial charge in [0.05, 0.1) is 0 Å². The topological polar surface area (TPSA) is 47.9 Å². The number of nitroso groups, excluding NO2 is 1. The molecule has 0 radical (unpaired) electrons. The van der Waals surface area contributed by atoms with Crippen molar-refractivity contribution in [2.24, 2.45) is 5.18 Å². The summed E-state index contributed by atoms with van der Waals surface area (Å²) in [5.41, 5.74) is 0. The number of hydrogen-bond donors (Lipinski definition) is 0. The third-order valence-electron chi connectivity index (χ3n) is 1.88. The molecule has 1 aliphatic heterocycles. The maximum absolute atomic E-state index is 10.2. The van der Waals surface area contributed by atoms with Crippen molar-refractivity contribution in [3.05, 3.63) is 4.91 Å². The number of rotatable bonds is 3. The standard InChI is InChI=1S/C7H13NO3/c1-10-7(8-9)6-4-2-3-5-11-6/h6-7H,2-5H2,1H3. The van der Waals surface area contributed by atoms with E-state index in [4.69, 9.17) is 9.47 Å². The maximum atomic E-state index is 10.2. The molecule has 64 valence electrons. The zero-order valence-corrected chi connectivity index (χ0v) is 6.66. The van der Waals surface area contributed by atoms with E-state index in [0.717, 1.165) is 25.9 Å². The van der Waals surface area contributed by atoms with Gasteiger partial charge in [-0.05, 0) is 24.4 Å². The highest BCUT2D eigenvalue weighted by atomic mass is 16.6. The summed E-state index contributed by atoms with van der Waals surface area (Å²) in [4.78, 5) is 10.2. The van der Waals surface area contributed by atoms with Crippen molar-refractivity contribution in [3.8, 4) is 0 Å². The zero-order valence-electron chi connectivity index (χ0n) is 6.66. The molecule has 0 aromatic rings. The van der Waals surface area contributed by atoms with Crippen LogP contribution >= 0.6 is 0 Å². The van der Waals surface area contributed by atoms with Gasteiger partial charge in [0.15, 0.2) is 0 Å². The molecule has 0 bridgehead atoms. The molecule has 1 fully saturated rings. The number of hydrogen-bond acceptors (Lipinski definition) is 4. The summed E-state index contributed by atoms with van der Waals surface area (Å²) >= 11 is 0. The lowest BCUT2D eigenvalue weighted by Crippen LogP contribution is -2.31. The predicted molar refractivity (Wildman–Crippen MR) is 40.2 cm³/mol. The van der Waals surface area contributed by atoms with Gasteiger partial charge < -0.3 is 9.47 Å². The Morgan fingerprint density at radius 1 is 1.64 bits per heavy atom. The highest BCUT2D eigenvalue weighted by molar-refractivity contribution is 4.71. The van der Waals surface area contributed by atoms with Gasteiger partial charge in [-0.1, -0.05) is 0 Å². The van der Waals surface area contributed by atoms with Crippen LogP contribution in [0.5, 0.6) is 0 Å². The minimum atomic E-state index is -0.615. The molecule has 1 aliphatic rings. The van der Waals surface area contributed by atoms with Crippen LogP contribution in [0.15, 0.2) is 5.18 Å². The van der Waals surface area contributed by atoms with E-state index in [9.17, 15) is 4.91 Å². The van der Waals surface area contributed by atoms with Gasteiger partial charge in [-0.25, -0.2) is 0 Å². The SMILES string of the molecule is COC(N=O)C1CCCCO1. The second-order valence-electron chi connectivity index (χ2n) is 2.64. The van der Waals surface area contributed by atoms with E-state index in [2.05, 4.69) is 5.18 Å². The van der Waals surface area contributed by atoms with E-state index in [1.165, 1.54) is 7.11 Å². The van der Waals surface area contributed by atoms with Gasteiger partial charge in [0.25, 0.3) is 0 Å². The molecular formula is C7H13NO3. The highest BCUT2D eigenvalue weighted by Gasteiger charge is 2.24. The summed E-state index contributed by atoms with van der Waals surface area (Å²) in [6, 6.07) is 0. The molecule has 2 unspecified atom stereocenters. The smallest absolute Gasteiger partial charge is 0.215 e. The number of nitrogens with zero attached hydrogens (tertiary/aromatic N) is 1. The zero-order chi connectivity index (χ0) is 8.10.